The number of amides is 1. The summed E-state index contributed by atoms with van der Waals surface area (Å²) in [5.74, 6) is 0.509. The van der Waals surface area contributed by atoms with Crippen molar-refractivity contribution in [3.8, 4) is 11.5 Å². The largest absolute Gasteiger partial charge is 0.493 e. The normalized spacial score (nSPS) is 14.7. The Kier molecular flexibility index (Phi) is 5.68. The number of methoxy groups -OCH3 is 1. The molecule has 0 spiro atoms. The van der Waals surface area contributed by atoms with Gasteiger partial charge in [0.05, 0.1) is 18.4 Å². The number of carbonyl (C=O) groups excluding carboxylic acids is 1. The predicted molar refractivity (Wildman–Crippen MR) is 104 cm³/mol. The van der Waals surface area contributed by atoms with Crippen molar-refractivity contribution in [2.45, 2.75) is 13.0 Å². The lowest BCUT2D eigenvalue weighted by atomic mass is 9.99. The molecule has 7 heteroatoms. The van der Waals surface area contributed by atoms with E-state index in [1.807, 2.05) is 18.2 Å². The first kappa shape index (κ1) is 19.2. The third-order valence-electron chi connectivity index (χ3n) is 4.68. The molecule has 2 aliphatic rings. The molecule has 2 aromatic carbocycles. The molecule has 5 nitrogen and oxygen atoms in total. The molecule has 27 heavy (non-hydrogen) atoms. The van der Waals surface area contributed by atoms with E-state index in [4.69, 9.17) is 9.47 Å². The highest BCUT2D eigenvalue weighted by atomic mass is 35.5. The molecular formula is C20H20ClFN2O3. The molecule has 2 aromatic rings. The van der Waals surface area contributed by atoms with Crippen LogP contribution in [0.3, 0.4) is 0 Å². The third-order valence-corrected chi connectivity index (χ3v) is 4.68. The van der Waals surface area contributed by atoms with Gasteiger partial charge in [-0.25, -0.2) is 4.39 Å². The van der Waals surface area contributed by atoms with Crippen LogP contribution in [0.25, 0.3) is 6.08 Å². The van der Waals surface area contributed by atoms with Gasteiger partial charge >= 0.3 is 0 Å². The van der Waals surface area contributed by atoms with E-state index in [1.165, 1.54) is 0 Å². The Labute approximate surface area is 163 Å². The molecule has 0 saturated heterocycles. The summed E-state index contributed by atoms with van der Waals surface area (Å²) in [5.41, 5.74) is 3.01. The Morgan fingerprint density at radius 2 is 2.15 bits per heavy atom. The number of fused-ring (bicyclic) bond motifs is 2. The van der Waals surface area contributed by atoms with Crippen LogP contribution in [0.2, 0.25) is 0 Å². The molecule has 0 aliphatic carbocycles. The standard InChI is InChI=1S/C20H19FN2O3.ClH/c1-25-17-4-2-3-12-9-14(11-26-19(12)17)20(24)23-16-6-5-13-10-22-8-7-15(13)18(16)21;/h2-6,9,22H,7-8,10-11H2,1H3,(H,23,24);1H. The Hall–Kier alpha value is -2.57. The Bertz CT molecular complexity index is 914. The molecule has 2 heterocycles. The molecule has 0 unspecified atom stereocenters. The second-order valence-electron chi connectivity index (χ2n) is 6.28. The number of rotatable bonds is 3. The van der Waals surface area contributed by atoms with Crippen LogP contribution in [0.4, 0.5) is 10.1 Å². The van der Waals surface area contributed by atoms with Gasteiger partial charge in [0, 0.05) is 12.1 Å². The zero-order valence-corrected chi connectivity index (χ0v) is 15.6. The first-order chi connectivity index (χ1) is 12.7. The minimum Gasteiger partial charge on any atom is -0.493 e. The van der Waals surface area contributed by atoms with Gasteiger partial charge in [-0.15, -0.1) is 12.4 Å². The number of hydrogen-bond donors (Lipinski definition) is 2. The van der Waals surface area contributed by atoms with Crippen molar-refractivity contribution in [3.63, 3.8) is 0 Å². The van der Waals surface area contributed by atoms with Crippen molar-refractivity contribution in [3.05, 3.63) is 58.4 Å². The van der Waals surface area contributed by atoms with Crippen molar-refractivity contribution in [1.82, 2.24) is 5.32 Å². The highest BCUT2D eigenvalue weighted by Gasteiger charge is 2.22. The topological polar surface area (TPSA) is 59.6 Å². The van der Waals surface area contributed by atoms with Gasteiger partial charge < -0.3 is 20.1 Å². The van der Waals surface area contributed by atoms with Crippen LogP contribution in [0.15, 0.2) is 35.9 Å². The molecule has 0 radical (unpaired) electrons. The minimum absolute atomic E-state index is 0. The van der Waals surface area contributed by atoms with Crippen LogP contribution in [0.5, 0.6) is 11.5 Å². The van der Waals surface area contributed by atoms with Gasteiger partial charge in [-0.1, -0.05) is 18.2 Å². The monoisotopic (exact) mass is 390 g/mol. The van der Waals surface area contributed by atoms with E-state index in [9.17, 15) is 9.18 Å². The second kappa shape index (κ2) is 7.98. The summed E-state index contributed by atoms with van der Waals surface area (Å²) in [6.45, 7) is 1.49. The first-order valence-electron chi connectivity index (χ1n) is 8.50. The fourth-order valence-electron chi connectivity index (χ4n) is 3.30. The van der Waals surface area contributed by atoms with E-state index < -0.39 is 0 Å². The molecule has 0 aromatic heterocycles. The number of benzene rings is 2. The predicted octanol–water partition coefficient (Wildman–Crippen LogP) is 3.32. The Morgan fingerprint density at radius 1 is 1.30 bits per heavy atom. The molecule has 2 aliphatic heterocycles. The van der Waals surface area contributed by atoms with Crippen LogP contribution in [0.1, 0.15) is 16.7 Å². The molecule has 0 fully saturated rings. The lowest BCUT2D eigenvalue weighted by Crippen LogP contribution is -2.26. The summed E-state index contributed by atoms with van der Waals surface area (Å²) < 4.78 is 25.7. The molecule has 142 valence electrons. The number of anilines is 1. The van der Waals surface area contributed by atoms with Gasteiger partial charge in [-0.3, -0.25) is 4.79 Å². The van der Waals surface area contributed by atoms with E-state index >= 15 is 0 Å². The number of ether oxygens (including phenoxy) is 2. The zero-order chi connectivity index (χ0) is 18.1. The van der Waals surface area contributed by atoms with Crippen molar-refractivity contribution < 1.29 is 18.7 Å². The van der Waals surface area contributed by atoms with Crippen LogP contribution >= 0.6 is 12.4 Å². The number of nitrogens with one attached hydrogen (secondary N) is 2. The zero-order valence-electron chi connectivity index (χ0n) is 14.8. The fourth-order valence-corrected chi connectivity index (χ4v) is 3.30. The highest BCUT2D eigenvalue weighted by molar-refractivity contribution is 6.07. The van der Waals surface area contributed by atoms with E-state index in [0.717, 1.165) is 17.7 Å². The number of para-hydroxylation sites is 1. The minimum atomic E-state index is -0.369. The summed E-state index contributed by atoms with van der Waals surface area (Å²) in [5, 5.41) is 5.88. The summed E-state index contributed by atoms with van der Waals surface area (Å²) in [6.07, 6.45) is 2.36. The average molecular weight is 391 g/mol. The lowest BCUT2D eigenvalue weighted by Gasteiger charge is -2.21. The second-order valence-corrected chi connectivity index (χ2v) is 6.28. The fraction of sp³-hybridized carbons (Fsp3) is 0.250. The molecule has 1 amide bonds. The van der Waals surface area contributed by atoms with E-state index in [0.29, 0.717) is 35.6 Å². The van der Waals surface area contributed by atoms with Gasteiger partial charge in [0.15, 0.2) is 11.5 Å². The van der Waals surface area contributed by atoms with E-state index in [1.54, 1.807) is 25.3 Å². The molecule has 2 N–H and O–H groups in total. The SMILES string of the molecule is COc1cccc2c1OCC(C(=O)Nc1ccc3c(c1F)CCNC3)=C2.Cl. The van der Waals surface area contributed by atoms with Crippen LogP contribution in [-0.2, 0) is 17.8 Å². The van der Waals surface area contributed by atoms with Gasteiger partial charge in [-0.2, -0.15) is 0 Å². The van der Waals surface area contributed by atoms with E-state index in [2.05, 4.69) is 10.6 Å². The molecule has 4 rings (SSSR count). The summed E-state index contributed by atoms with van der Waals surface area (Å²) in [6, 6.07) is 8.94. The quantitative estimate of drug-likeness (QED) is 0.844. The van der Waals surface area contributed by atoms with Crippen molar-refractivity contribution in [2.24, 2.45) is 0 Å². The average Bonchev–Trinajstić information content (AvgIpc) is 2.69. The number of halogens is 2. The van der Waals surface area contributed by atoms with Crippen LogP contribution < -0.4 is 20.1 Å². The van der Waals surface area contributed by atoms with Crippen LogP contribution in [0, 0.1) is 5.82 Å². The highest BCUT2D eigenvalue weighted by Crippen LogP contribution is 2.35. The number of carbonyl (C=O) groups is 1. The molecular weight excluding hydrogens is 371 g/mol. The molecule has 0 atom stereocenters. The summed E-state index contributed by atoms with van der Waals surface area (Å²) in [7, 11) is 1.57. The lowest BCUT2D eigenvalue weighted by molar-refractivity contribution is -0.113. The summed E-state index contributed by atoms with van der Waals surface area (Å²) >= 11 is 0. The first-order valence-corrected chi connectivity index (χ1v) is 8.50. The maximum absolute atomic E-state index is 14.7. The maximum Gasteiger partial charge on any atom is 0.255 e. The van der Waals surface area contributed by atoms with Crippen molar-refractivity contribution >= 4 is 30.1 Å². The third kappa shape index (κ3) is 3.63. The van der Waals surface area contributed by atoms with Gasteiger partial charge in [0.2, 0.25) is 0 Å². The van der Waals surface area contributed by atoms with Crippen molar-refractivity contribution in [1.29, 1.82) is 0 Å². The molecule has 0 saturated carbocycles. The Morgan fingerprint density at radius 3 is 2.96 bits per heavy atom. The van der Waals surface area contributed by atoms with Crippen LogP contribution in [-0.4, -0.2) is 26.2 Å². The van der Waals surface area contributed by atoms with Gasteiger partial charge in [0.1, 0.15) is 12.4 Å². The maximum atomic E-state index is 14.7. The van der Waals surface area contributed by atoms with E-state index in [-0.39, 0.29) is 36.4 Å². The van der Waals surface area contributed by atoms with Crippen molar-refractivity contribution in [2.75, 3.05) is 25.6 Å². The summed E-state index contributed by atoms with van der Waals surface area (Å²) in [4.78, 5) is 12.6. The van der Waals surface area contributed by atoms with Gasteiger partial charge in [0.25, 0.3) is 5.91 Å². The van der Waals surface area contributed by atoms with Gasteiger partial charge in [-0.05, 0) is 42.3 Å². The Balaban J connectivity index is 0.00000210. The molecule has 0 bridgehead atoms. The number of hydrogen-bond acceptors (Lipinski definition) is 4. The smallest absolute Gasteiger partial charge is 0.255 e.